The quantitative estimate of drug-likeness (QED) is 0.119. The molecule has 0 bridgehead atoms. The second-order valence-corrected chi connectivity index (χ2v) is 15.9. The fourth-order valence-corrected chi connectivity index (χ4v) is 7.89. The molecule has 6 aromatic rings. The Morgan fingerprint density at radius 2 is 1.61 bits per heavy atom. The van der Waals surface area contributed by atoms with E-state index in [-0.39, 0.29) is 32.4 Å². The number of fused-ring (bicyclic) bond motifs is 3. The molecule has 0 amide bonds. The molecule has 7 rings (SSSR count). The topological polar surface area (TPSA) is 44.9 Å². The van der Waals surface area contributed by atoms with E-state index in [1.165, 1.54) is 34.4 Å². The van der Waals surface area contributed by atoms with E-state index in [9.17, 15) is 0 Å². The first-order valence-corrected chi connectivity index (χ1v) is 18.3. The fraction of sp³-hybridized carbons (Fsp3) is 0.378. The van der Waals surface area contributed by atoms with E-state index in [0.717, 1.165) is 45.4 Å². The predicted molar refractivity (Wildman–Crippen MR) is 206 cm³/mol. The van der Waals surface area contributed by atoms with Crippen LogP contribution in [0.3, 0.4) is 0 Å². The van der Waals surface area contributed by atoms with Crippen molar-refractivity contribution in [3.05, 3.63) is 119 Å². The zero-order valence-electron chi connectivity index (χ0n) is 31.7. The van der Waals surface area contributed by atoms with Crippen LogP contribution < -0.4 is 4.74 Å². The van der Waals surface area contributed by atoms with E-state index in [1.807, 2.05) is 12.3 Å². The van der Waals surface area contributed by atoms with E-state index in [2.05, 4.69) is 151 Å². The number of aryl methyl sites for hydroxylation is 1. The maximum atomic E-state index is 6.71. The van der Waals surface area contributed by atoms with Gasteiger partial charge in [-0.2, -0.15) is 11.2 Å². The summed E-state index contributed by atoms with van der Waals surface area (Å²) in [5.41, 5.74) is 10.4. The minimum Gasteiger partial charge on any atom is -0.509 e. The van der Waals surface area contributed by atoms with Gasteiger partial charge in [0.1, 0.15) is 5.82 Å². The Morgan fingerprint density at radius 1 is 0.863 bits per heavy atom. The maximum Gasteiger partial charge on any atom is 2.00 e. The number of nitrogens with zero attached hydrogens (tertiary/aromatic N) is 4. The number of allylic oxidation sites excluding steroid dienone is 2. The van der Waals surface area contributed by atoms with Gasteiger partial charge in [0.25, 0.3) is 0 Å². The minimum atomic E-state index is -0.135. The molecular weight excluding hydrogens is 808 g/mol. The van der Waals surface area contributed by atoms with Crippen molar-refractivity contribution in [2.75, 3.05) is 0 Å². The smallest absolute Gasteiger partial charge is 0.509 e. The van der Waals surface area contributed by atoms with E-state index < -0.39 is 0 Å². The van der Waals surface area contributed by atoms with Crippen LogP contribution in [0.2, 0.25) is 0 Å². The summed E-state index contributed by atoms with van der Waals surface area (Å²) >= 11 is 0. The molecule has 0 aliphatic heterocycles. The molecule has 1 unspecified atom stereocenters. The van der Waals surface area contributed by atoms with Crippen LogP contribution in [0.25, 0.3) is 33.3 Å². The van der Waals surface area contributed by atoms with Gasteiger partial charge in [-0.05, 0) is 79.3 Å². The molecule has 6 heteroatoms. The van der Waals surface area contributed by atoms with Crippen molar-refractivity contribution in [1.29, 1.82) is 0 Å². The zero-order chi connectivity index (χ0) is 35.5. The van der Waals surface area contributed by atoms with Gasteiger partial charge in [0.15, 0.2) is 0 Å². The summed E-state index contributed by atoms with van der Waals surface area (Å²) in [5, 5.41) is 7.53. The summed E-state index contributed by atoms with van der Waals surface area (Å²) in [6.07, 6.45) is 6.68. The van der Waals surface area contributed by atoms with Crippen molar-refractivity contribution in [1.82, 2.24) is 19.3 Å². The molecule has 1 aliphatic rings. The summed E-state index contributed by atoms with van der Waals surface area (Å²) in [6, 6.07) is 28.6. The molecule has 3 aromatic carbocycles. The number of rotatable bonds is 7. The Kier molecular flexibility index (Phi) is 10.3. The Hall–Kier alpha value is -3.95. The summed E-state index contributed by atoms with van der Waals surface area (Å²) in [6.45, 7) is 22.6. The number of pyridine rings is 1. The molecule has 0 saturated carbocycles. The zero-order valence-corrected chi connectivity index (χ0v) is 33.9. The molecule has 0 fully saturated rings. The molecule has 3 heterocycles. The van der Waals surface area contributed by atoms with Gasteiger partial charge in [-0.15, -0.1) is 41.3 Å². The molecule has 3 aromatic heterocycles. The number of benzene rings is 3. The third-order valence-corrected chi connectivity index (χ3v) is 10.5. The molecule has 5 nitrogen and oxygen atoms in total. The molecule has 0 saturated heterocycles. The Labute approximate surface area is 318 Å². The number of ether oxygens (including phenoxy) is 1. The number of para-hydroxylation sites is 1. The van der Waals surface area contributed by atoms with Crippen molar-refractivity contribution < 1.29 is 25.8 Å². The average Bonchev–Trinajstić information content (AvgIpc) is 3.59. The van der Waals surface area contributed by atoms with Gasteiger partial charge in [0, 0.05) is 40.1 Å². The van der Waals surface area contributed by atoms with Gasteiger partial charge in [-0.25, -0.2) is 4.98 Å². The SMILES string of the molecule is CC1=CCC[C@H](C)C1c1c(C)nn(-c2[c-]c(Oc3[c-]c4c(cc3)c3ccccc3n4-c3cc(C(C)C)ccn3)cc(C(C)C)c2)c1C(C)(C)C.[Pt+2]. The minimum absolute atomic E-state index is 0. The summed E-state index contributed by atoms with van der Waals surface area (Å²) in [5.74, 6) is 3.77. The normalized spacial score (nSPS) is 16.6. The monoisotopic (exact) mass is 857 g/mol. The van der Waals surface area contributed by atoms with Crippen LogP contribution in [-0.4, -0.2) is 19.3 Å². The molecule has 2 atom stereocenters. The summed E-state index contributed by atoms with van der Waals surface area (Å²) < 4.78 is 11.1. The molecule has 1 aliphatic carbocycles. The molecular formula is C45H50N4OPt. The van der Waals surface area contributed by atoms with Gasteiger partial charge in [0.05, 0.1) is 11.4 Å². The van der Waals surface area contributed by atoms with Crippen LogP contribution >= 0.6 is 0 Å². The van der Waals surface area contributed by atoms with E-state index in [0.29, 0.717) is 29.3 Å². The van der Waals surface area contributed by atoms with Crippen molar-refractivity contribution in [2.24, 2.45) is 5.92 Å². The van der Waals surface area contributed by atoms with Crippen molar-refractivity contribution in [3.63, 3.8) is 0 Å². The van der Waals surface area contributed by atoms with E-state index in [1.54, 1.807) is 0 Å². The molecule has 0 spiro atoms. The van der Waals surface area contributed by atoms with Gasteiger partial charge >= 0.3 is 21.1 Å². The molecule has 0 radical (unpaired) electrons. The number of hydrogen-bond donors (Lipinski definition) is 0. The van der Waals surface area contributed by atoms with Crippen molar-refractivity contribution in [3.8, 4) is 23.0 Å². The Bertz CT molecular complexity index is 2250. The van der Waals surface area contributed by atoms with Gasteiger partial charge in [0.2, 0.25) is 0 Å². The van der Waals surface area contributed by atoms with Crippen LogP contribution in [0.15, 0.2) is 78.5 Å². The van der Waals surface area contributed by atoms with Crippen LogP contribution in [0.4, 0.5) is 0 Å². The third-order valence-electron chi connectivity index (χ3n) is 10.5. The van der Waals surface area contributed by atoms with Crippen molar-refractivity contribution >= 4 is 21.8 Å². The van der Waals surface area contributed by atoms with E-state index in [4.69, 9.17) is 14.8 Å². The van der Waals surface area contributed by atoms with Gasteiger partial charge < -0.3 is 9.30 Å². The first kappa shape index (κ1) is 36.8. The van der Waals surface area contributed by atoms with Gasteiger partial charge in [-0.3, -0.25) is 4.68 Å². The fourth-order valence-electron chi connectivity index (χ4n) is 7.89. The molecule has 266 valence electrons. The number of hydrogen-bond acceptors (Lipinski definition) is 3. The Balaban J connectivity index is 0.00000448. The van der Waals surface area contributed by atoms with E-state index >= 15 is 0 Å². The van der Waals surface area contributed by atoms with Crippen LogP contribution in [0.5, 0.6) is 11.5 Å². The second kappa shape index (κ2) is 14.2. The van der Waals surface area contributed by atoms with Gasteiger partial charge in [-0.1, -0.05) is 90.8 Å². The van der Waals surface area contributed by atoms with Crippen LogP contribution in [0.1, 0.15) is 121 Å². The number of aromatic nitrogens is 4. The molecule has 51 heavy (non-hydrogen) atoms. The maximum absolute atomic E-state index is 6.71. The second-order valence-electron chi connectivity index (χ2n) is 15.9. The Morgan fingerprint density at radius 3 is 2.31 bits per heavy atom. The van der Waals surface area contributed by atoms with Crippen LogP contribution in [0, 0.1) is 25.0 Å². The summed E-state index contributed by atoms with van der Waals surface area (Å²) in [7, 11) is 0. The molecule has 0 N–H and O–H groups in total. The van der Waals surface area contributed by atoms with Crippen molar-refractivity contribution in [2.45, 2.75) is 105 Å². The first-order chi connectivity index (χ1) is 23.8. The third kappa shape index (κ3) is 6.87. The predicted octanol–water partition coefficient (Wildman–Crippen LogP) is 12.1. The average molecular weight is 858 g/mol. The standard InChI is InChI=1S/C45H50N4O.Pt/c1-27(2)32-20-21-46-41(24-32)48-39-17-12-11-16-37(39)38-19-18-35(26-40(38)48)50-36-23-33(28(3)4)22-34(25-36)49-44(45(8,9)10)43(31(7)47-49)42-29(5)14-13-15-30(42)6;/h11-12,14,16-24,27-28,30,42H,13,15H2,1-10H3;/q-2;+2/t30-,42?;/m0./s1. The first-order valence-electron chi connectivity index (χ1n) is 18.3. The largest absolute Gasteiger partial charge is 2.00 e. The van der Waals surface area contributed by atoms with Crippen LogP contribution in [-0.2, 0) is 26.5 Å². The summed E-state index contributed by atoms with van der Waals surface area (Å²) in [4.78, 5) is 4.82.